The Morgan fingerprint density at radius 1 is 0.957 bits per heavy atom. The number of benzene rings is 3. The molecule has 3 aromatic rings. The molecule has 1 unspecified atom stereocenters. The maximum atomic E-state index is 11.3. The van der Waals surface area contributed by atoms with Gasteiger partial charge < -0.3 is 10.6 Å². The Kier molecular flexibility index (Phi) is 5.24. The lowest BCUT2D eigenvalue weighted by atomic mass is 9.97. The lowest BCUT2D eigenvalue weighted by Crippen LogP contribution is -2.25. The van der Waals surface area contributed by atoms with Gasteiger partial charge in [-0.1, -0.05) is 36.4 Å². The molecule has 120 valence electrons. The zero-order chi connectivity index (χ0) is 15.7. The summed E-state index contributed by atoms with van der Waals surface area (Å²) in [6.07, 6.45) is 0.325. The van der Waals surface area contributed by atoms with Crippen LogP contribution in [0.2, 0.25) is 0 Å². The summed E-state index contributed by atoms with van der Waals surface area (Å²) in [5, 5.41) is 4.86. The molecule has 0 aliphatic carbocycles. The maximum absolute atomic E-state index is 11.3. The van der Waals surface area contributed by atoms with E-state index >= 15 is 0 Å². The summed E-state index contributed by atoms with van der Waals surface area (Å²) in [4.78, 5) is 13.4. The van der Waals surface area contributed by atoms with Gasteiger partial charge in [-0.25, -0.2) is 0 Å². The van der Waals surface area contributed by atoms with Crippen molar-refractivity contribution in [2.45, 2.75) is 12.5 Å². The number of hydrogen-bond acceptors (Lipinski definition) is 2. The van der Waals surface area contributed by atoms with E-state index in [4.69, 9.17) is 5.73 Å². The lowest BCUT2D eigenvalue weighted by molar-refractivity contribution is -0.119. The SMILES string of the molecule is CN(C)C(CC(N)=O)c1ccc2cc3ccccc3cc2c1.Cl. The normalized spacial score (nSPS) is 12.3. The van der Waals surface area contributed by atoms with E-state index in [0.717, 1.165) is 5.56 Å². The summed E-state index contributed by atoms with van der Waals surface area (Å²) >= 11 is 0. The number of rotatable bonds is 4. The molecule has 0 bridgehead atoms. The first-order valence-electron chi connectivity index (χ1n) is 7.42. The molecule has 2 N–H and O–H groups in total. The molecule has 23 heavy (non-hydrogen) atoms. The summed E-state index contributed by atoms with van der Waals surface area (Å²) in [5.74, 6) is -0.280. The third-order valence-corrected chi connectivity index (χ3v) is 4.13. The van der Waals surface area contributed by atoms with E-state index in [1.807, 2.05) is 25.1 Å². The fraction of sp³-hybridized carbons (Fsp3) is 0.211. The van der Waals surface area contributed by atoms with E-state index in [-0.39, 0.29) is 24.4 Å². The van der Waals surface area contributed by atoms with E-state index in [9.17, 15) is 4.79 Å². The van der Waals surface area contributed by atoms with Crippen molar-refractivity contribution in [3.8, 4) is 0 Å². The van der Waals surface area contributed by atoms with Crippen molar-refractivity contribution >= 4 is 39.9 Å². The molecule has 0 spiro atoms. The molecule has 0 aromatic heterocycles. The highest BCUT2D eigenvalue weighted by Crippen LogP contribution is 2.28. The van der Waals surface area contributed by atoms with Crippen molar-refractivity contribution < 1.29 is 4.79 Å². The van der Waals surface area contributed by atoms with Crippen LogP contribution in [0.4, 0.5) is 0 Å². The third-order valence-electron chi connectivity index (χ3n) is 4.13. The van der Waals surface area contributed by atoms with Crippen LogP contribution in [0.25, 0.3) is 21.5 Å². The van der Waals surface area contributed by atoms with E-state index in [1.165, 1.54) is 21.5 Å². The molecule has 0 heterocycles. The van der Waals surface area contributed by atoms with Gasteiger partial charge in [-0.05, 0) is 59.4 Å². The first kappa shape index (κ1) is 17.3. The third kappa shape index (κ3) is 3.63. The number of halogens is 1. The van der Waals surface area contributed by atoms with Crippen LogP contribution in [0, 0.1) is 0 Å². The van der Waals surface area contributed by atoms with Crippen molar-refractivity contribution in [1.29, 1.82) is 0 Å². The molecule has 0 fully saturated rings. The molecule has 0 saturated carbocycles. The van der Waals surface area contributed by atoms with Crippen LogP contribution < -0.4 is 5.73 Å². The van der Waals surface area contributed by atoms with Gasteiger partial charge in [-0.3, -0.25) is 4.79 Å². The van der Waals surface area contributed by atoms with Crippen LogP contribution >= 0.6 is 12.4 Å². The van der Waals surface area contributed by atoms with Crippen molar-refractivity contribution in [2.24, 2.45) is 5.73 Å². The maximum Gasteiger partial charge on any atom is 0.219 e. The highest BCUT2D eigenvalue weighted by molar-refractivity contribution is 5.98. The summed E-state index contributed by atoms with van der Waals surface area (Å²) in [6, 6.07) is 19.1. The average Bonchev–Trinajstić information content (AvgIpc) is 2.49. The number of carbonyl (C=O) groups excluding carboxylic acids is 1. The highest BCUT2D eigenvalue weighted by Gasteiger charge is 2.17. The van der Waals surface area contributed by atoms with Gasteiger partial charge in [0, 0.05) is 12.5 Å². The topological polar surface area (TPSA) is 46.3 Å². The van der Waals surface area contributed by atoms with Crippen LogP contribution in [0.5, 0.6) is 0 Å². The molecular weight excluding hydrogens is 308 g/mol. The average molecular weight is 329 g/mol. The predicted octanol–water partition coefficient (Wildman–Crippen LogP) is 3.89. The molecule has 3 nitrogen and oxygen atoms in total. The minimum atomic E-state index is -0.280. The van der Waals surface area contributed by atoms with Gasteiger partial charge in [0.05, 0.1) is 0 Å². The Hall–Kier alpha value is -2.10. The molecule has 0 aliphatic heterocycles. The number of nitrogens with zero attached hydrogens (tertiary/aromatic N) is 1. The second kappa shape index (κ2) is 6.99. The van der Waals surface area contributed by atoms with Crippen molar-refractivity contribution in [3.63, 3.8) is 0 Å². The largest absolute Gasteiger partial charge is 0.370 e. The van der Waals surface area contributed by atoms with Gasteiger partial charge in [0.1, 0.15) is 0 Å². The van der Waals surface area contributed by atoms with E-state index < -0.39 is 0 Å². The van der Waals surface area contributed by atoms with Crippen LogP contribution in [0.3, 0.4) is 0 Å². The Labute approximate surface area is 142 Å². The fourth-order valence-electron chi connectivity index (χ4n) is 2.95. The first-order valence-corrected chi connectivity index (χ1v) is 7.42. The molecule has 0 saturated heterocycles. The molecule has 0 aliphatic rings. The molecule has 3 rings (SSSR count). The first-order chi connectivity index (χ1) is 10.5. The smallest absolute Gasteiger partial charge is 0.219 e. The van der Waals surface area contributed by atoms with Gasteiger partial charge in [-0.15, -0.1) is 12.4 Å². The van der Waals surface area contributed by atoms with Crippen molar-refractivity contribution in [3.05, 3.63) is 60.2 Å². The lowest BCUT2D eigenvalue weighted by Gasteiger charge is -2.24. The summed E-state index contributed by atoms with van der Waals surface area (Å²) in [7, 11) is 3.94. The van der Waals surface area contributed by atoms with Gasteiger partial charge in [0.25, 0.3) is 0 Å². The monoisotopic (exact) mass is 328 g/mol. The number of fused-ring (bicyclic) bond motifs is 2. The Bertz CT molecular complexity index is 845. The fourth-order valence-corrected chi connectivity index (χ4v) is 2.95. The highest BCUT2D eigenvalue weighted by atomic mass is 35.5. The zero-order valence-corrected chi connectivity index (χ0v) is 14.1. The van der Waals surface area contributed by atoms with Crippen LogP contribution in [-0.2, 0) is 4.79 Å². The molecule has 0 radical (unpaired) electrons. The minimum absolute atomic E-state index is 0. The summed E-state index contributed by atoms with van der Waals surface area (Å²) < 4.78 is 0. The molecule has 4 heteroatoms. The zero-order valence-electron chi connectivity index (χ0n) is 13.3. The summed E-state index contributed by atoms with van der Waals surface area (Å²) in [6.45, 7) is 0. The van der Waals surface area contributed by atoms with Gasteiger partial charge >= 0.3 is 0 Å². The van der Waals surface area contributed by atoms with E-state index in [2.05, 4.69) is 48.5 Å². The van der Waals surface area contributed by atoms with Gasteiger partial charge in [-0.2, -0.15) is 0 Å². The number of amides is 1. The molecular formula is C19H21ClN2O. The van der Waals surface area contributed by atoms with Crippen molar-refractivity contribution in [2.75, 3.05) is 14.1 Å². The number of hydrogen-bond donors (Lipinski definition) is 1. The van der Waals surface area contributed by atoms with Crippen LogP contribution in [0.1, 0.15) is 18.0 Å². The number of primary amides is 1. The van der Waals surface area contributed by atoms with Crippen molar-refractivity contribution in [1.82, 2.24) is 4.90 Å². The molecule has 3 aromatic carbocycles. The second-order valence-electron chi connectivity index (χ2n) is 5.96. The predicted molar refractivity (Wildman–Crippen MR) is 98.9 cm³/mol. The quantitative estimate of drug-likeness (QED) is 0.738. The second-order valence-corrected chi connectivity index (χ2v) is 5.96. The number of nitrogens with two attached hydrogens (primary N) is 1. The Morgan fingerprint density at radius 2 is 1.52 bits per heavy atom. The van der Waals surface area contributed by atoms with Gasteiger partial charge in [0.2, 0.25) is 5.91 Å². The van der Waals surface area contributed by atoms with E-state index in [1.54, 1.807) is 0 Å². The number of carbonyl (C=O) groups is 1. The molecule has 1 amide bonds. The van der Waals surface area contributed by atoms with Gasteiger partial charge in [0.15, 0.2) is 0 Å². The standard InChI is InChI=1S/C19H20N2O.ClH/c1-21(2)18(12-19(20)22)16-8-7-15-9-13-5-3-4-6-14(13)10-17(15)11-16;/h3-11,18H,12H2,1-2H3,(H2,20,22);1H. The minimum Gasteiger partial charge on any atom is -0.370 e. The van der Waals surface area contributed by atoms with E-state index in [0.29, 0.717) is 6.42 Å². The molecule has 1 atom stereocenters. The summed E-state index contributed by atoms with van der Waals surface area (Å²) in [5.41, 5.74) is 6.51. The Balaban J connectivity index is 0.00000192. The Morgan fingerprint density at radius 3 is 2.09 bits per heavy atom. The van der Waals surface area contributed by atoms with Crippen LogP contribution in [0.15, 0.2) is 54.6 Å². The van der Waals surface area contributed by atoms with Crippen LogP contribution in [-0.4, -0.2) is 24.9 Å².